The van der Waals surface area contributed by atoms with Crippen LogP contribution in [-0.2, 0) is 0 Å². The van der Waals surface area contributed by atoms with Gasteiger partial charge in [-0.25, -0.2) is 0 Å². The molecular formula is C58H34S. The zero-order valence-electron chi connectivity index (χ0n) is 32.0. The summed E-state index contributed by atoms with van der Waals surface area (Å²) in [6.07, 6.45) is 0. The summed E-state index contributed by atoms with van der Waals surface area (Å²) in [4.78, 5) is 0. The lowest BCUT2D eigenvalue weighted by atomic mass is 9.84. The molecule has 0 radical (unpaired) electrons. The SMILES string of the molecule is c1ccc(-c2ccc3c4c(cccc24)-c2ccccc2-3)c(-c2ccc(-c3c4ccccc4c(-c4cccc5sc6ccc7ccccc7c6c45)c4ccccc34)cc2)c1. The van der Waals surface area contributed by atoms with Gasteiger partial charge >= 0.3 is 0 Å². The summed E-state index contributed by atoms with van der Waals surface area (Å²) >= 11 is 1.90. The fourth-order valence-electron chi connectivity index (χ4n) is 10.4. The van der Waals surface area contributed by atoms with Crippen molar-refractivity contribution >= 4 is 74.6 Å². The molecule has 0 saturated heterocycles. The molecule has 13 rings (SSSR count). The standard InChI is InChI=1S/C58H34S/c1-2-15-39-35(13-1)31-34-53-57(39)58-51(25-12-26-52(58)59-53)56-48-21-9-7-19-46(48)54(47-20-8-10-22-49(47)56)37-29-27-36(28-30-37)38-14-3-4-16-40(38)43-32-33-50-42-18-6-5-17-41(42)44-23-11-24-45(43)55(44)50/h1-34H. The number of fused-ring (bicyclic) bond motifs is 10. The van der Waals surface area contributed by atoms with Crippen LogP contribution in [0.2, 0.25) is 0 Å². The average Bonchev–Trinajstić information content (AvgIpc) is 3.86. The van der Waals surface area contributed by atoms with Gasteiger partial charge in [0.2, 0.25) is 0 Å². The molecule has 1 aromatic heterocycles. The second-order valence-corrected chi connectivity index (χ2v) is 16.9. The largest absolute Gasteiger partial charge is 0.135 e. The molecule has 1 heteroatoms. The predicted octanol–water partition coefficient (Wildman–Crippen LogP) is 17.0. The fraction of sp³-hybridized carbons (Fsp3) is 0. The Morgan fingerprint density at radius 3 is 1.41 bits per heavy atom. The van der Waals surface area contributed by atoms with Gasteiger partial charge < -0.3 is 0 Å². The minimum Gasteiger partial charge on any atom is -0.135 e. The van der Waals surface area contributed by atoms with E-state index >= 15 is 0 Å². The van der Waals surface area contributed by atoms with Gasteiger partial charge in [-0.1, -0.05) is 194 Å². The summed E-state index contributed by atoms with van der Waals surface area (Å²) in [7, 11) is 0. The van der Waals surface area contributed by atoms with Gasteiger partial charge in [0.25, 0.3) is 0 Å². The molecule has 0 aliphatic heterocycles. The number of thiophene rings is 1. The topological polar surface area (TPSA) is 0 Å². The van der Waals surface area contributed by atoms with Crippen molar-refractivity contribution in [1.82, 2.24) is 0 Å². The maximum Gasteiger partial charge on any atom is 0.0362 e. The predicted molar refractivity (Wildman–Crippen MR) is 256 cm³/mol. The zero-order chi connectivity index (χ0) is 38.6. The number of rotatable bonds is 4. The monoisotopic (exact) mass is 762 g/mol. The molecule has 0 N–H and O–H groups in total. The highest BCUT2D eigenvalue weighted by Crippen LogP contribution is 2.51. The van der Waals surface area contributed by atoms with Gasteiger partial charge in [-0.05, 0) is 122 Å². The van der Waals surface area contributed by atoms with Crippen LogP contribution < -0.4 is 0 Å². The molecule has 0 nitrogen and oxygen atoms in total. The Morgan fingerprint density at radius 2 is 0.695 bits per heavy atom. The van der Waals surface area contributed by atoms with Crippen molar-refractivity contribution in [2.75, 3.05) is 0 Å². The van der Waals surface area contributed by atoms with Crippen LogP contribution in [0.25, 0.3) is 130 Å². The van der Waals surface area contributed by atoms with Crippen molar-refractivity contribution < 1.29 is 0 Å². The molecule has 12 aromatic rings. The minimum atomic E-state index is 1.21. The van der Waals surface area contributed by atoms with E-state index in [1.165, 1.54) is 130 Å². The maximum absolute atomic E-state index is 2.34. The molecule has 0 saturated carbocycles. The normalized spacial score (nSPS) is 12.1. The van der Waals surface area contributed by atoms with Crippen LogP contribution in [0.5, 0.6) is 0 Å². The van der Waals surface area contributed by atoms with Gasteiger partial charge in [-0.3, -0.25) is 0 Å². The molecule has 0 fully saturated rings. The number of benzene rings is 11. The van der Waals surface area contributed by atoms with E-state index < -0.39 is 0 Å². The minimum absolute atomic E-state index is 1.21. The third-order valence-electron chi connectivity index (χ3n) is 12.8. The Labute approximate surface area is 345 Å². The highest BCUT2D eigenvalue weighted by Gasteiger charge is 2.24. The summed E-state index contributed by atoms with van der Waals surface area (Å²) in [5, 5.41) is 13.0. The van der Waals surface area contributed by atoms with E-state index in [1.807, 2.05) is 11.3 Å². The van der Waals surface area contributed by atoms with Gasteiger partial charge in [0, 0.05) is 20.2 Å². The Balaban J connectivity index is 0.989. The molecule has 0 bridgehead atoms. The average molecular weight is 763 g/mol. The van der Waals surface area contributed by atoms with Crippen LogP contribution >= 0.6 is 11.3 Å². The zero-order valence-corrected chi connectivity index (χ0v) is 32.9. The van der Waals surface area contributed by atoms with E-state index in [0.29, 0.717) is 0 Å². The van der Waals surface area contributed by atoms with Gasteiger partial charge in [0.15, 0.2) is 0 Å². The van der Waals surface area contributed by atoms with E-state index in [1.54, 1.807) is 0 Å². The van der Waals surface area contributed by atoms with Crippen molar-refractivity contribution in [1.29, 1.82) is 0 Å². The first kappa shape index (κ1) is 32.7. The molecular weight excluding hydrogens is 729 g/mol. The van der Waals surface area contributed by atoms with Crippen molar-refractivity contribution in [2.45, 2.75) is 0 Å². The van der Waals surface area contributed by atoms with Crippen LogP contribution in [0.15, 0.2) is 206 Å². The van der Waals surface area contributed by atoms with Crippen molar-refractivity contribution in [3.63, 3.8) is 0 Å². The Bertz CT molecular complexity index is 3630. The molecule has 272 valence electrons. The quantitative estimate of drug-likeness (QED) is 0.157. The van der Waals surface area contributed by atoms with Crippen LogP contribution in [0.3, 0.4) is 0 Å². The first-order chi connectivity index (χ1) is 29.3. The van der Waals surface area contributed by atoms with E-state index in [4.69, 9.17) is 0 Å². The van der Waals surface area contributed by atoms with Crippen molar-refractivity contribution in [3.8, 4) is 66.8 Å². The lowest BCUT2D eigenvalue weighted by Gasteiger charge is -2.19. The molecule has 0 unspecified atom stereocenters. The van der Waals surface area contributed by atoms with Crippen molar-refractivity contribution in [3.05, 3.63) is 206 Å². The van der Waals surface area contributed by atoms with Crippen LogP contribution in [0.4, 0.5) is 0 Å². The lowest BCUT2D eigenvalue weighted by Crippen LogP contribution is -1.92. The molecule has 11 aromatic carbocycles. The molecule has 0 spiro atoms. The highest BCUT2D eigenvalue weighted by molar-refractivity contribution is 7.26. The van der Waals surface area contributed by atoms with Crippen LogP contribution in [0, 0.1) is 0 Å². The van der Waals surface area contributed by atoms with Gasteiger partial charge in [-0.15, -0.1) is 11.3 Å². The van der Waals surface area contributed by atoms with Crippen molar-refractivity contribution in [2.24, 2.45) is 0 Å². The second-order valence-electron chi connectivity index (χ2n) is 15.8. The van der Waals surface area contributed by atoms with E-state index in [0.717, 1.165) is 0 Å². The Hall–Kier alpha value is -7.32. The Kier molecular flexibility index (Phi) is 6.98. The third-order valence-corrected chi connectivity index (χ3v) is 14.0. The summed E-state index contributed by atoms with van der Waals surface area (Å²) in [5.74, 6) is 0. The molecule has 0 atom stereocenters. The molecule has 1 aliphatic carbocycles. The summed E-state index contributed by atoms with van der Waals surface area (Å²) in [5.41, 5.74) is 15.4. The smallest absolute Gasteiger partial charge is 0.0362 e. The van der Waals surface area contributed by atoms with E-state index in [9.17, 15) is 0 Å². The van der Waals surface area contributed by atoms with E-state index in [-0.39, 0.29) is 0 Å². The first-order valence-corrected chi connectivity index (χ1v) is 21.2. The molecule has 1 aliphatic rings. The summed E-state index contributed by atoms with van der Waals surface area (Å²) in [6.45, 7) is 0. The van der Waals surface area contributed by atoms with Crippen LogP contribution in [-0.4, -0.2) is 0 Å². The first-order valence-electron chi connectivity index (χ1n) is 20.4. The molecule has 0 amide bonds. The maximum atomic E-state index is 2.34. The number of hydrogen-bond acceptors (Lipinski definition) is 1. The second kappa shape index (κ2) is 12.6. The summed E-state index contributed by atoms with van der Waals surface area (Å²) in [6, 6.07) is 76.9. The Morgan fingerprint density at radius 1 is 0.220 bits per heavy atom. The van der Waals surface area contributed by atoms with E-state index in [2.05, 4.69) is 206 Å². The summed E-state index contributed by atoms with van der Waals surface area (Å²) < 4.78 is 2.65. The van der Waals surface area contributed by atoms with Gasteiger partial charge in [-0.2, -0.15) is 0 Å². The third kappa shape index (κ3) is 4.71. The highest BCUT2D eigenvalue weighted by atomic mass is 32.1. The van der Waals surface area contributed by atoms with Crippen LogP contribution in [0.1, 0.15) is 0 Å². The molecule has 59 heavy (non-hydrogen) atoms. The lowest BCUT2D eigenvalue weighted by molar-refractivity contribution is 1.59. The fourth-order valence-corrected chi connectivity index (χ4v) is 11.5. The van der Waals surface area contributed by atoms with Gasteiger partial charge in [0.1, 0.15) is 0 Å². The number of hydrogen-bond donors (Lipinski definition) is 0. The van der Waals surface area contributed by atoms with Gasteiger partial charge in [0.05, 0.1) is 0 Å². The molecule has 1 heterocycles.